The van der Waals surface area contributed by atoms with E-state index in [1.807, 2.05) is 0 Å². The first-order valence-electron chi connectivity index (χ1n) is 5.33. The molecule has 1 amide bonds. The molecule has 1 heterocycles. The molecule has 0 fully saturated rings. The molecule has 0 aliphatic rings. The molecular weight excluding hydrogens is 312 g/mol. The van der Waals surface area contributed by atoms with Crippen molar-refractivity contribution >= 4 is 33.5 Å². The number of nitrogens with zero attached hydrogens (tertiary/aromatic N) is 1. The maximum absolute atomic E-state index is 11.9. The number of pyridine rings is 1. The third-order valence-corrected chi connectivity index (χ3v) is 2.85. The van der Waals surface area contributed by atoms with Gasteiger partial charge in [0.2, 0.25) is 0 Å². The van der Waals surface area contributed by atoms with E-state index in [1.165, 1.54) is 18.3 Å². The van der Waals surface area contributed by atoms with Crippen molar-refractivity contribution in [2.24, 2.45) is 0 Å². The van der Waals surface area contributed by atoms with Gasteiger partial charge < -0.3 is 10.4 Å². The van der Waals surface area contributed by atoms with Crippen LogP contribution in [0.15, 0.2) is 47.1 Å². The molecule has 0 saturated carbocycles. The number of anilines is 1. The van der Waals surface area contributed by atoms with Gasteiger partial charge in [-0.3, -0.25) is 9.78 Å². The first-order chi connectivity index (χ1) is 9.08. The Morgan fingerprint density at radius 2 is 2.00 bits per heavy atom. The smallest absolute Gasteiger partial charge is 0.337 e. The summed E-state index contributed by atoms with van der Waals surface area (Å²) in [6.45, 7) is 0. The van der Waals surface area contributed by atoms with Crippen LogP contribution in [0.25, 0.3) is 0 Å². The summed E-state index contributed by atoms with van der Waals surface area (Å²) in [6, 6.07) is 9.47. The average molecular weight is 321 g/mol. The maximum Gasteiger partial charge on any atom is 0.337 e. The topological polar surface area (TPSA) is 79.3 Å². The van der Waals surface area contributed by atoms with E-state index in [2.05, 4.69) is 26.2 Å². The third-order valence-electron chi connectivity index (χ3n) is 2.36. The lowest BCUT2D eigenvalue weighted by atomic mass is 10.1. The minimum Gasteiger partial charge on any atom is -0.478 e. The average Bonchev–Trinajstić information content (AvgIpc) is 2.39. The number of rotatable bonds is 3. The summed E-state index contributed by atoms with van der Waals surface area (Å²) in [5, 5.41) is 11.6. The van der Waals surface area contributed by atoms with Crippen molar-refractivity contribution in [1.82, 2.24) is 4.98 Å². The van der Waals surface area contributed by atoms with E-state index in [9.17, 15) is 9.59 Å². The zero-order valence-corrected chi connectivity index (χ0v) is 11.2. The maximum atomic E-state index is 11.9. The van der Waals surface area contributed by atoms with Gasteiger partial charge in [-0.25, -0.2) is 4.79 Å². The van der Waals surface area contributed by atoms with Crippen LogP contribution in [0, 0.1) is 0 Å². The molecule has 5 nitrogen and oxygen atoms in total. The summed E-state index contributed by atoms with van der Waals surface area (Å²) in [5.41, 5.74) is 0.462. The summed E-state index contributed by atoms with van der Waals surface area (Å²) in [4.78, 5) is 26.9. The predicted octanol–water partition coefficient (Wildman–Crippen LogP) is 2.79. The monoisotopic (exact) mass is 320 g/mol. The van der Waals surface area contributed by atoms with Crippen molar-refractivity contribution < 1.29 is 14.7 Å². The molecule has 0 radical (unpaired) electrons. The number of carbonyl (C=O) groups is 2. The number of hydrogen-bond acceptors (Lipinski definition) is 3. The van der Waals surface area contributed by atoms with Crippen LogP contribution < -0.4 is 5.32 Å². The molecule has 2 N–H and O–H groups in total. The van der Waals surface area contributed by atoms with Crippen molar-refractivity contribution in [3.05, 3.63) is 58.3 Å². The summed E-state index contributed by atoms with van der Waals surface area (Å²) >= 11 is 3.23. The standard InChI is InChI=1S/C13H9BrN2O3/c14-8-4-5-9(13(18)19)11(7-8)16-12(17)10-3-1-2-6-15-10/h1-7H,(H,16,17)(H,18,19). The quantitative estimate of drug-likeness (QED) is 0.911. The Bertz CT molecular complexity index is 629. The van der Waals surface area contributed by atoms with Crippen LogP contribution in [0.3, 0.4) is 0 Å². The highest BCUT2D eigenvalue weighted by molar-refractivity contribution is 9.10. The van der Waals surface area contributed by atoms with Gasteiger partial charge in [-0.15, -0.1) is 0 Å². The molecule has 0 bridgehead atoms. The molecule has 0 atom stereocenters. The predicted molar refractivity (Wildman–Crippen MR) is 73.3 cm³/mol. The number of halogens is 1. The lowest BCUT2D eigenvalue weighted by Crippen LogP contribution is -2.15. The number of nitrogens with one attached hydrogen (secondary N) is 1. The zero-order valence-electron chi connectivity index (χ0n) is 9.63. The number of benzene rings is 1. The fraction of sp³-hybridized carbons (Fsp3) is 0. The van der Waals surface area contributed by atoms with Crippen LogP contribution in [-0.2, 0) is 0 Å². The minimum atomic E-state index is -1.11. The second-order valence-electron chi connectivity index (χ2n) is 3.66. The highest BCUT2D eigenvalue weighted by atomic mass is 79.9. The second-order valence-corrected chi connectivity index (χ2v) is 4.58. The van der Waals surface area contributed by atoms with Crippen molar-refractivity contribution in [3.63, 3.8) is 0 Å². The molecule has 0 aliphatic heterocycles. The molecule has 96 valence electrons. The normalized spacial score (nSPS) is 9.95. The molecule has 2 rings (SSSR count). The van der Waals surface area contributed by atoms with Crippen LogP contribution in [0.1, 0.15) is 20.8 Å². The Balaban J connectivity index is 2.31. The fourth-order valence-corrected chi connectivity index (χ4v) is 1.85. The molecule has 0 aliphatic carbocycles. The molecule has 0 saturated heterocycles. The van der Waals surface area contributed by atoms with Crippen LogP contribution in [0.5, 0.6) is 0 Å². The van der Waals surface area contributed by atoms with Crippen molar-refractivity contribution in [2.75, 3.05) is 5.32 Å². The Labute approximate surface area is 117 Å². The molecule has 0 unspecified atom stereocenters. The Hall–Kier alpha value is -2.21. The van der Waals surface area contributed by atoms with E-state index in [-0.39, 0.29) is 16.9 Å². The zero-order chi connectivity index (χ0) is 13.8. The Morgan fingerprint density at radius 1 is 1.21 bits per heavy atom. The van der Waals surface area contributed by atoms with Gasteiger partial charge >= 0.3 is 5.97 Å². The molecule has 0 spiro atoms. The van der Waals surface area contributed by atoms with Crippen molar-refractivity contribution in [1.29, 1.82) is 0 Å². The summed E-state index contributed by atoms with van der Waals surface area (Å²) in [5.74, 6) is -1.56. The molecular formula is C13H9BrN2O3. The van der Waals surface area contributed by atoms with Gasteiger partial charge in [0.1, 0.15) is 5.69 Å². The van der Waals surface area contributed by atoms with E-state index < -0.39 is 11.9 Å². The van der Waals surface area contributed by atoms with Gasteiger partial charge in [0.15, 0.2) is 0 Å². The van der Waals surface area contributed by atoms with E-state index in [0.717, 1.165) is 0 Å². The van der Waals surface area contributed by atoms with Gasteiger partial charge in [0.25, 0.3) is 5.91 Å². The fourth-order valence-electron chi connectivity index (χ4n) is 1.49. The van der Waals surface area contributed by atoms with Gasteiger partial charge in [-0.1, -0.05) is 22.0 Å². The summed E-state index contributed by atoms with van der Waals surface area (Å²) < 4.78 is 0.675. The van der Waals surface area contributed by atoms with E-state index in [0.29, 0.717) is 4.47 Å². The largest absolute Gasteiger partial charge is 0.478 e. The number of aromatic carboxylic acids is 1. The Morgan fingerprint density at radius 3 is 2.63 bits per heavy atom. The molecule has 1 aromatic carbocycles. The minimum absolute atomic E-state index is 0.0208. The summed E-state index contributed by atoms with van der Waals surface area (Å²) in [6.07, 6.45) is 1.49. The highest BCUT2D eigenvalue weighted by Gasteiger charge is 2.14. The number of carbonyl (C=O) groups excluding carboxylic acids is 1. The number of amides is 1. The highest BCUT2D eigenvalue weighted by Crippen LogP contribution is 2.22. The molecule has 1 aromatic heterocycles. The number of carboxylic acid groups (broad SMARTS) is 1. The molecule has 6 heteroatoms. The third kappa shape index (κ3) is 3.17. The van der Waals surface area contributed by atoms with Crippen molar-refractivity contribution in [2.45, 2.75) is 0 Å². The first-order valence-corrected chi connectivity index (χ1v) is 6.12. The van der Waals surface area contributed by atoms with Crippen LogP contribution >= 0.6 is 15.9 Å². The Kier molecular flexibility index (Phi) is 3.91. The van der Waals surface area contributed by atoms with Crippen molar-refractivity contribution in [3.8, 4) is 0 Å². The van der Waals surface area contributed by atoms with E-state index in [4.69, 9.17) is 5.11 Å². The van der Waals surface area contributed by atoms with Crippen LogP contribution in [-0.4, -0.2) is 22.0 Å². The second kappa shape index (κ2) is 5.62. The number of aromatic nitrogens is 1. The van der Waals surface area contributed by atoms with Crippen LogP contribution in [0.4, 0.5) is 5.69 Å². The number of carboxylic acids is 1. The van der Waals surface area contributed by atoms with Gasteiger partial charge in [-0.2, -0.15) is 0 Å². The van der Waals surface area contributed by atoms with Crippen LogP contribution in [0.2, 0.25) is 0 Å². The number of hydrogen-bond donors (Lipinski definition) is 2. The lowest BCUT2D eigenvalue weighted by Gasteiger charge is -2.08. The van der Waals surface area contributed by atoms with Gasteiger partial charge in [0, 0.05) is 10.7 Å². The molecule has 2 aromatic rings. The van der Waals surface area contributed by atoms with E-state index in [1.54, 1.807) is 24.3 Å². The van der Waals surface area contributed by atoms with Gasteiger partial charge in [-0.05, 0) is 30.3 Å². The van der Waals surface area contributed by atoms with E-state index >= 15 is 0 Å². The molecule has 19 heavy (non-hydrogen) atoms. The summed E-state index contributed by atoms with van der Waals surface area (Å²) in [7, 11) is 0. The lowest BCUT2D eigenvalue weighted by molar-refractivity contribution is 0.0698. The first kappa shape index (κ1) is 13.2. The van der Waals surface area contributed by atoms with Gasteiger partial charge in [0.05, 0.1) is 11.3 Å². The SMILES string of the molecule is O=C(Nc1cc(Br)ccc1C(=O)O)c1ccccn1.